The summed E-state index contributed by atoms with van der Waals surface area (Å²) in [6.07, 6.45) is 5.13. The van der Waals surface area contributed by atoms with Crippen LogP contribution in [-0.4, -0.2) is 36.1 Å². The van der Waals surface area contributed by atoms with E-state index in [0.717, 1.165) is 35.1 Å². The van der Waals surface area contributed by atoms with Crippen molar-refractivity contribution in [3.05, 3.63) is 47.8 Å². The minimum atomic E-state index is 0.191. The second-order valence-corrected chi connectivity index (χ2v) is 8.20. The summed E-state index contributed by atoms with van der Waals surface area (Å²) in [6.45, 7) is 7.27. The van der Waals surface area contributed by atoms with E-state index in [2.05, 4.69) is 64.9 Å². The van der Waals surface area contributed by atoms with Crippen LogP contribution in [0.25, 0.3) is 11.4 Å². The van der Waals surface area contributed by atoms with Gasteiger partial charge in [0, 0.05) is 26.2 Å². The Bertz CT molecular complexity index is 927. The topological polar surface area (TPSA) is 65.6 Å². The van der Waals surface area contributed by atoms with Gasteiger partial charge in [-0.05, 0) is 23.5 Å². The fourth-order valence-corrected chi connectivity index (χ4v) is 3.84. The molecule has 0 bridgehead atoms. The van der Waals surface area contributed by atoms with Gasteiger partial charge in [-0.1, -0.05) is 56.8 Å². The molecule has 0 saturated carbocycles. The summed E-state index contributed by atoms with van der Waals surface area (Å²) in [5.41, 5.74) is 3.29. The first kappa shape index (κ1) is 20.3. The van der Waals surface area contributed by atoms with Gasteiger partial charge in [-0.25, -0.2) is 0 Å². The molecule has 0 saturated heterocycles. The Hall–Kier alpha value is -2.41. The summed E-state index contributed by atoms with van der Waals surface area (Å²) in [4.78, 5) is 12.5. The first-order valence-corrected chi connectivity index (χ1v) is 10.6. The monoisotopic (exact) mass is 397 g/mol. The second-order valence-electron chi connectivity index (χ2n) is 7.26. The Labute approximate surface area is 170 Å². The van der Waals surface area contributed by atoms with Gasteiger partial charge in [-0.15, -0.1) is 10.2 Å². The van der Waals surface area contributed by atoms with Gasteiger partial charge in [0.2, 0.25) is 0 Å². The Balaban J connectivity index is 1.65. The van der Waals surface area contributed by atoms with Crippen molar-refractivity contribution in [3.63, 3.8) is 0 Å². The van der Waals surface area contributed by atoms with Crippen LogP contribution >= 0.6 is 11.8 Å². The number of Topliss-reactive ketones (excluding diaryl/α,β-unsaturated/α-hetero) is 1. The standard InChI is InChI=1S/C21H27N5OS/c1-5-10-26-20(18-12-22-25(4)13-18)23-24-21(26)28-14-19(27)11-16-6-8-17(9-7-16)15(2)3/h6-9,12-13,15H,5,10-11,14H2,1-4H3. The number of rotatable bonds is 9. The Morgan fingerprint density at radius 1 is 1.18 bits per heavy atom. The molecule has 0 amide bonds. The third-order valence-corrected chi connectivity index (χ3v) is 5.56. The van der Waals surface area contributed by atoms with Gasteiger partial charge in [-0.2, -0.15) is 5.10 Å². The predicted molar refractivity (Wildman–Crippen MR) is 112 cm³/mol. The third-order valence-electron chi connectivity index (χ3n) is 4.54. The molecule has 28 heavy (non-hydrogen) atoms. The fraction of sp³-hybridized carbons (Fsp3) is 0.429. The predicted octanol–water partition coefficient (Wildman–Crippen LogP) is 4.12. The summed E-state index contributed by atoms with van der Waals surface area (Å²) >= 11 is 1.46. The zero-order valence-electron chi connectivity index (χ0n) is 16.9. The van der Waals surface area contributed by atoms with E-state index in [1.54, 1.807) is 10.9 Å². The van der Waals surface area contributed by atoms with Crippen LogP contribution in [0.4, 0.5) is 0 Å². The molecule has 0 aliphatic rings. The van der Waals surface area contributed by atoms with Crippen molar-refractivity contribution in [2.45, 2.75) is 51.2 Å². The molecule has 3 aromatic rings. The molecule has 0 fully saturated rings. The van der Waals surface area contributed by atoms with Gasteiger partial charge in [0.1, 0.15) is 5.78 Å². The molecule has 0 N–H and O–H groups in total. The van der Waals surface area contributed by atoms with Gasteiger partial charge in [0.05, 0.1) is 17.5 Å². The number of ketones is 1. The third kappa shape index (κ3) is 4.90. The first-order valence-electron chi connectivity index (χ1n) is 9.63. The van der Waals surface area contributed by atoms with E-state index in [9.17, 15) is 4.79 Å². The highest BCUT2D eigenvalue weighted by molar-refractivity contribution is 7.99. The van der Waals surface area contributed by atoms with E-state index >= 15 is 0 Å². The highest BCUT2D eigenvalue weighted by atomic mass is 32.2. The lowest BCUT2D eigenvalue weighted by molar-refractivity contribution is -0.116. The number of thioether (sulfide) groups is 1. The average Bonchev–Trinajstić information content (AvgIpc) is 3.27. The fourth-order valence-electron chi connectivity index (χ4n) is 3.02. The summed E-state index contributed by atoms with van der Waals surface area (Å²) in [6, 6.07) is 8.33. The Morgan fingerprint density at radius 2 is 1.93 bits per heavy atom. The van der Waals surface area contributed by atoms with Gasteiger partial charge >= 0.3 is 0 Å². The Morgan fingerprint density at radius 3 is 2.54 bits per heavy atom. The van der Waals surface area contributed by atoms with Gasteiger partial charge in [-0.3, -0.25) is 9.48 Å². The van der Waals surface area contributed by atoms with Gasteiger partial charge in [0.25, 0.3) is 0 Å². The highest BCUT2D eigenvalue weighted by Gasteiger charge is 2.16. The van der Waals surface area contributed by atoms with Crippen LogP contribution in [0.5, 0.6) is 0 Å². The van der Waals surface area contributed by atoms with Crippen molar-refractivity contribution in [3.8, 4) is 11.4 Å². The molecule has 0 aliphatic carbocycles. The van der Waals surface area contributed by atoms with E-state index in [4.69, 9.17) is 0 Å². The quantitative estimate of drug-likeness (QED) is 0.508. The minimum absolute atomic E-state index is 0.191. The number of hydrogen-bond donors (Lipinski definition) is 0. The van der Waals surface area contributed by atoms with E-state index < -0.39 is 0 Å². The molecule has 3 rings (SSSR count). The van der Waals surface area contributed by atoms with E-state index in [1.165, 1.54) is 17.3 Å². The summed E-state index contributed by atoms with van der Waals surface area (Å²) in [5.74, 6) is 1.88. The SMILES string of the molecule is CCCn1c(SCC(=O)Cc2ccc(C(C)C)cc2)nnc1-c1cnn(C)c1. The van der Waals surface area contributed by atoms with E-state index in [1.807, 2.05) is 13.2 Å². The zero-order valence-corrected chi connectivity index (χ0v) is 17.7. The lowest BCUT2D eigenvalue weighted by Gasteiger charge is -2.08. The van der Waals surface area contributed by atoms with Crippen LogP contribution < -0.4 is 0 Å². The number of carbonyl (C=O) groups is 1. The molecule has 0 spiro atoms. The van der Waals surface area contributed by atoms with Gasteiger partial charge < -0.3 is 4.57 Å². The zero-order chi connectivity index (χ0) is 20.1. The first-order chi connectivity index (χ1) is 13.5. The highest BCUT2D eigenvalue weighted by Crippen LogP contribution is 2.24. The van der Waals surface area contributed by atoms with E-state index in [0.29, 0.717) is 18.1 Å². The summed E-state index contributed by atoms with van der Waals surface area (Å²) in [5, 5.41) is 13.6. The maximum atomic E-state index is 12.5. The number of nitrogens with zero attached hydrogens (tertiary/aromatic N) is 5. The maximum absolute atomic E-state index is 12.5. The number of benzene rings is 1. The molecule has 6 nitrogen and oxygen atoms in total. The van der Waals surface area contributed by atoms with Crippen molar-refractivity contribution in [1.82, 2.24) is 24.5 Å². The molecule has 0 atom stereocenters. The molecule has 2 aromatic heterocycles. The normalized spacial score (nSPS) is 11.3. The molecular formula is C21H27N5OS. The van der Waals surface area contributed by atoms with Crippen LogP contribution in [0.2, 0.25) is 0 Å². The Kier molecular flexibility index (Phi) is 6.67. The van der Waals surface area contributed by atoms with Crippen LogP contribution in [0, 0.1) is 0 Å². The summed E-state index contributed by atoms with van der Waals surface area (Å²) < 4.78 is 3.83. The average molecular weight is 398 g/mol. The molecule has 0 aliphatic heterocycles. The number of carbonyl (C=O) groups excluding carboxylic acids is 1. The number of aromatic nitrogens is 5. The lowest BCUT2D eigenvalue weighted by atomic mass is 10.0. The lowest BCUT2D eigenvalue weighted by Crippen LogP contribution is -2.08. The molecule has 7 heteroatoms. The molecule has 1 aromatic carbocycles. The summed E-state index contributed by atoms with van der Waals surface area (Å²) in [7, 11) is 1.88. The van der Waals surface area contributed by atoms with Crippen molar-refractivity contribution < 1.29 is 4.79 Å². The van der Waals surface area contributed by atoms with Crippen LogP contribution in [0.3, 0.4) is 0 Å². The second kappa shape index (κ2) is 9.19. The van der Waals surface area contributed by atoms with Crippen molar-refractivity contribution in [2.24, 2.45) is 7.05 Å². The molecule has 0 radical (unpaired) electrons. The van der Waals surface area contributed by atoms with Crippen LogP contribution in [0.1, 0.15) is 44.2 Å². The molecule has 0 unspecified atom stereocenters. The molecule has 148 valence electrons. The van der Waals surface area contributed by atoms with Crippen LogP contribution in [0.15, 0.2) is 41.8 Å². The minimum Gasteiger partial charge on any atom is -0.302 e. The van der Waals surface area contributed by atoms with Gasteiger partial charge in [0.15, 0.2) is 11.0 Å². The van der Waals surface area contributed by atoms with E-state index in [-0.39, 0.29) is 5.78 Å². The number of aryl methyl sites for hydroxylation is 1. The largest absolute Gasteiger partial charge is 0.302 e. The van der Waals surface area contributed by atoms with Crippen molar-refractivity contribution in [1.29, 1.82) is 0 Å². The molecular weight excluding hydrogens is 370 g/mol. The number of hydrogen-bond acceptors (Lipinski definition) is 5. The smallest absolute Gasteiger partial charge is 0.191 e. The van der Waals surface area contributed by atoms with Crippen molar-refractivity contribution >= 4 is 17.5 Å². The van der Waals surface area contributed by atoms with Crippen molar-refractivity contribution in [2.75, 3.05) is 5.75 Å². The maximum Gasteiger partial charge on any atom is 0.191 e. The molecule has 2 heterocycles. The van der Waals surface area contributed by atoms with Crippen LogP contribution in [-0.2, 0) is 24.8 Å².